The number of nitrogens with two attached hydrogens (primary N) is 1. The van der Waals surface area contributed by atoms with Gasteiger partial charge in [0.15, 0.2) is 0 Å². The van der Waals surface area contributed by atoms with E-state index in [4.69, 9.17) is 5.73 Å². The normalized spacial score (nSPS) is 21.5. The molecule has 1 aliphatic rings. The molecule has 1 fully saturated rings. The highest BCUT2D eigenvalue weighted by Crippen LogP contribution is 2.31. The second kappa shape index (κ2) is 5.34. The molecule has 4 nitrogen and oxygen atoms in total. The monoisotopic (exact) mass is 300 g/mol. The summed E-state index contributed by atoms with van der Waals surface area (Å²) in [6, 6.07) is 3.68. The Hall–Kier alpha value is -0.720. The van der Waals surface area contributed by atoms with Crippen LogP contribution in [-0.2, 0) is 10.0 Å². The minimum Gasteiger partial charge on any atom is -0.397 e. The van der Waals surface area contributed by atoms with Gasteiger partial charge in [-0.15, -0.1) is 0 Å². The van der Waals surface area contributed by atoms with E-state index >= 15 is 0 Å². The van der Waals surface area contributed by atoms with Gasteiger partial charge in [-0.05, 0) is 25.0 Å². The van der Waals surface area contributed by atoms with Crippen LogP contribution in [0.1, 0.15) is 18.1 Å². The van der Waals surface area contributed by atoms with Crippen molar-refractivity contribution in [2.24, 2.45) is 0 Å². The van der Waals surface area contributed by atoms with Gasteiger partial charge < -0.3 is 5.73 Å². The summed E-state index contributed by atoms with van der Waals surface area (Å²) in [5, 5.41) is 0.329. The Balaban J connectivity index is 2.48. The van der Waals surface area contributed by atoms with Crippen LogP contribution in [-0.4, -0.2) is 36.8 Å². The van der Waals surface area contributed by atoms with E-state index in [1.807, 2.05) is 30.8 Å². The van der Waals surface area contributed by atoms with E-state index in [1.54, 1.807) is 11.2 Å². The maximum absolute atomic E-state index is 12.8. The molecule has 19 heavy (non-hydrogen) atoms. The number of benzene rings is 1. The highest BCUT2D eigenvalue weighted by molar-refractivity contribution is 8.00. The zero-order valence-electron chi connectivity index (χ0n) is 11.5. The van der Waals surface area contributed by atoms with Crippen LogP contribution in [0, 0.1) is 13.8 Å². The molecule has 0 radical (unpaired) electrons. The lowest BCUT2D eigenvalue weighted by molar-refractivity contribution is 0.424. The fourth-order valence-electron chi connectivity index (χ4n) is 2.28. The predicted octanol–water partition coefficient (Wildman–Crippen LogP) is 2.01. The number of nitrogens with zero attached hydrogens (tertiary/aromatic N) is 1. The van der Waals surface area contributed by atoms with Crippen LogP contribution >= 0.6 is 11.8 Å². The third-order valence-electron chi connectivity index (χ3n) is 3.41. The van der Waals surface area contributed by atoms with Crippen molar-refractivity contribution in [2.45, 2.75) is 30.9 Å². The number of anilines is 1. The molecular formula is C13H20N2O2S2. The maximum atomic E-state index is 12.8. The van der Waals surface area contributed by atoms with Crippen LogP contribution in [0.15, 0.2) is 17.0 Å². The Labute approximate surface area is 119 Å². The van der Waals surface area contributed by atoms with Gasteiger partial charge in [0, 0.05) is 24.1 Å². The fraction of sp³-hybridized carbons (Fsp3) is 0.538. The topological polar surface area (TPSA) is 63.4 Å². The predicted molar refractivity (Wildman–Crippen MR) is 81.0 cm³/mol. The number of rotatable bonds is 2. The molecule has 1 aliphatic heterocycles. The number of nitrogen functional groups attached to an aromatic ring is 1. The summed E-state index contributed by atoms with van der Waals surface area (Å²) < 4.78 is 27.1. The second-order valence-corrected chi connectivity index (χ2v) is 8.41. The van der Waals surface area contributed by atoms with Crippen molar-refractivity contribution in [1.29, 1.82) is 0 Å². The molecule has 1 unspecified atom stereocenters. The van der Waals surface area contributed by atoms with Gasteiger partial charge in [0.25, 0.3) is 0 Å². The van der Waals surface area contributed by atoms with Crippen LogP contribution in [0.25, 0.3) is 0 Å². The van der Waals surface area contributed by atoms with Crippen molar-refractivity contribution < 1.29 is 8.42 Å². The summed E-state index contributed by atoms with van der Waals surface area (Å²) in [5.41, 5.74) is 7.91. The number of aryl methyl sites for hydroxylation is 2. The van der Waals surface area contributed by atoms with Gasteiger partial charge in [-0.25, -0.2) is 8.42 Å². The van der Waals surface area contributed by atoms with Gasteiger partial charge in [0.2, 0.25) is 10.0 Å². The standard InChI is InChI=1S/C13H20N2O2S2/c1-9-4-5-10(2)13(12(9)14)19(16,17)15-6-7-18-11(3)8-15/h4-5,11H,6-8,14H2,1-3H3. The Kier molecular flexibility index (Phi) is 4.13. The number of sulfonamides is 1. The highest BCUT2D eigenvalue weighted by Gasteiger charge is 2.31. The molecule has 1 saturated heterocycles. The van der Waals surface area contributed by atoms with Gasteiger partial charge in [-0.2, -0.15) is 16.1 Å². The van der Waals surface area contributed by atoms with Gasteiger partial charge in [-0.1, -0.05) is 19.1 Å². The average Bonchev–Trinajstić information content (AvgIpc) is 2.34. The molecule has 1 aromatic carbocycles. The molecule has 106 valence electrons. The van der Waals surface area contributed by atoms with Gasteiger partial charge >= 0.3 is 0 Å². The van der Waals surface area contributed by atoms with E-state index in [-0.39, 0.29) is 4.90 Å². The van der Waals surface area contributed by atoms with Crippen molar-refractivity contribution in [3.8, 4) is 0 Å². The lowest BCUT2D eigenvalue weighted by atomic mass is 10.1. The molecule has 0 bridgehead atoms. The van der Waals surface area contributed by atoms with Crippen LogP contribution in [0.4, 0.5) is 5.69 Å². The van der Waals surface area contributed by atoms with Gasteiger partial charge in [-0.3, -0.25) is 0 Å². The third-order valence-corrected chi connectivity index (χ3v) is 6.62. The zero-order valence-corrected chi connectivity index (χ0v) is 13.1. The largest absolute Gasteiger partial charge is 0.397 e. The van der Waals surface area contributed by atoms with E-state index in [9.17, 15) is 8.42 Å². The molecule has 0 aromatic heterocycles. The van der Waals surface area contributed by atoms with Crippen LogP contribution in [0.3, 0.4) is 0 Å². The molecule has 0 saturated carbocycles. The Bertz CT molecular complexity index is 585. The number of thioether (sulfide) groups is 1. The van der Waals surface area contributed by atoms with Crippen LogP contribution in [0.5, 0.6) is 0 Å². The molecule has 0 amide bonds. The van der Waals surface area contributed by atoms with Gasteiger partial charge in [0.1, 0.15) is 4.90 Å². The molecular weight excluding hydrogens is 280 g/mol. The van der Waals surface area contributed by atoms with Crippen molar-refractivity contribution in [2.75, 3.05) is 24.6 Å². The Morgan fingerprint density at radius 1 is 1.32 bits per heavy atom. The smallest absolute Gasteiger partial charge is 0.245 e. The quantitative estimate of drug-likeness (QED) is 0.849. The SMILES string of the molecule is Cc1ccc(C)c(S(=O)(=O)N2CCSC(C)C2)c1N. The molecule has 2 N–H and O–H groups in total. The van der Waals surface area contributed by atoms with Crippen molar-refractivity contribution >= 4 is 27.5 Å². The Morgan fingerprint density at radius 3 is 2.58 bits per heavy atom. The summed E-state index contributed by atoms with van der Waals surface area (Å²) >= 11 is 1.81. The Morgan fingerprint density at radius 2 is 1.95 bits per heavy atom. The van der Waals surface area contributed by atoms with Crippen molar-refractivity contribution in [3.63, 3.8) is 0 Å². The van der Waals surface area contributed by atoms with E-state index in [2.05, 4.69) is 6.92 Å². The molecule has 1 atom stereocenters. The third kappa shape index (κ3) is 2.75. The zero-order chi connectivity index (χ0) is 14.2. The summed E-state index contributed by atoms with van der Waals surface area (Å²) in [6.07, 6.45) is 0. The minimum atomic E-state index is -3.48. The second-order valence-electron chi connectivity index (χ2n) is 4.99. The summed E-state index contributed by atoms with van der Waals surface area (Å²) in [5.74, 6) is 0.838. The summed E-state index contributed by atoms with van der Waals surface area (Å²) in [6.45, 7) is 6.80. The first-order chi connectivity index (χ1) is 8.84. The summed E-state index contributed by atoms with van der Waals surface area (Å²) in [4.78, 5) is 0.284. The van der Waals surface area contributed by atoms with E-state index < -0.39 is 10.0 Å². The van der Waals surface area contributed by atoms with Crippen LogP contribution in [0.2, 0.25) is 0 Å². The first-order valence-corrected chi connectivity index (χ1v) is 8.80. The molecule has 2 rings (SSSR count). The summed E-state index contributed by atoms with van der Waals surface area (Å²) in [7, 11) is -3.48. The lowest BCUT2D eigenvalue weighted by Gasteiger charge is -2.30. The van der Waals surface area contributed by atoms with E-state index in [0.717, 1.165) is 11.3 Å². The first-order valence-electron chi connectivity index (χ1n) is 6.31. The maximum Gasteiger partial charge on any atom is 0.245 e. The average molecular weight is 300 g/mol. The number of hydrogen-bond donors (Lipinski definition) is 1. The molecule has 1 aromatic rings. The minimum absolute atomic E-state index is 0.284. The van der Waals surface area contributed by atoms with Crippen molar-refractivity contribution in [1.82, 2.24) is 4.31 Å². The fourth-order valence-corrected chi connectivity index (χ4v) is 5.43. The lowest BCUT2D eigenvalue weighted by Crippen LogP contribution is -2.41. The number of hydrogen-bond acceptors (Lipinski definition) is 4. The first kappa shape index (κ1) is 14.7. The van der Waals surface area contributed by atoms with E-state index in [1.165, 1.54) is 0 Å². The molecule has 6 heteroatoms. The molecule has 0 aliphatic carbocycles. The molecule has 1 heterocycles. The van der Waals surface area contributed by atoms with E-state index in [0.29, 0.717) is 29.6 Å². The molecule has 0 spiro atoms. The highest BCUT2D eigenvalue weighted by atomic mass is 32.2. The van der Waals surface area contributed by atoms with Crippen molar-refractivity contribution in [3.05, 3.63) is 23.3 Å². The van der Waals surface area contributed by atoms with Gasteiger partial charge in [0.05, 0.1) is 5.69 Å². The van der Waals surface area contributed by atoms with Crippen LogP contribution < -0.4 is 5.73 Å².